The Kier molecular flexibility index (Phi) is 3.72. The molecular formula is C16H18N4OS. The van der Waals surface area contributed by atoms with E-state index in [2.05, 4.69) is 10.1 Å². The lowest BCUT2D eigenvalue weighted by Gasteiger charge is -2.21. The monoisotopic (exact) mass is 314 g/mol. The number of para-hydroxylation sites is 1. The van der Waals surface area contributed by atoms with Crippen LogP contribution in [-0.4, -0.2) is 38.0 Å². The molecule has 3 heterocycles. The first-order valence-electron chi connectivity index (χ1n) is 7.68. The molecule has 0 amide bonds. The number of hydrogen-bond donors (Lipinski definition) is 0. The van der Waals surface area contributed by atoms with Crippen molar-refractivity contribution >= 4 is 28.3 Å². The molecule has 0 N–H and O–H groups in total. The van der Waals surface area contributed by atoms with Gasteiger partial charge in [-0.2, -0.15) is 4.52 Å². The second-order valence-corrected chi connectivity index (χ2v) is 6.59. The average molecular weight is 314 g/mol. The molecule has 0 aliphatic carbocycles. The number of benzene rings is 1. The summed E-state index contributed by atoms with van der Waals surface area (Å²) in [6.07, 6.45) is 3.91. The molecule has 0 spiro atoms. The van der Waals surface area contributed by atoms with Gasteiger partial charge in [0.2, 0.25) is 0 Å². The van der Waals surface area contributed by atoms with Gasteiger partial charge in [-0.15, -0.1) is 5.10 Å². The van der Waals surface area contributed by atoms with Gasteiger partial charge in [0.05, 0.1) is 11.6 Å². The first-order valence-corrected chi connectivity index (χ1v) is 8.66. The fourth-order valence-electron chi connectivity index (χ4n) is 2.83. The number of aryl methyl sites for hydroxylation is 1. The summed E-state index contributed by atoms with van der Waals surface area (Å²) in [5.41, 5.74) is 1.85. The Morgan fingerprint density at radius 2 is 2.18 bits per heavy atom. The quantitative estimate of drug-likeness (QED) is 0.549. The Morgan fingerprint density at radius 1 is 1.27 bits per heavy atom. The molecule has 5 nitrogen and oxygen atoms in total. The summed E-state index contributed by atoms with van der Waals surface area (Å²) in [7, 11) is 0. The van der Waals surface area contributed by atoms with E-state index in [-0.39, 0.29) is 0 Å². The zero-order valence-corrected chi connectivity index (χ0v) is 13.3. The van der Waals surface area contributed by atoms with Gasteiger partial charge in [-0.3, -0.25) is 0 Å². The average Bonchev–Trinajstić information content (AvgIpc) is 2.95. The molecule has 1 saturated heterocycles. The van der Waals surface area contributed by atoms with E-state index in [1.807, 2.05) is 35.7 Å². The maximum atomic E-state index is 5.81. The predicted molar refractivity (Wildman–Crippen MR) is 87.3 cm³/mol. The van der Waals surface area contributed by atoms with Gasteiger partial charge in [0.25, 0.3) is 0 Å². The zero-order valence-electron chi connectivity index (χ0n) is 12.5. The Bertz CT molecular complexity index is 810. The molecule has 114 valence electrons. The van der Waals surface area contributed by atoms with Crippen molar-refractivity contribution in [1.29, 1.82) is 0 Å². The fraction of sp³-hybridized carbons (Fsp3) is 0.438. The van der Waals surface area contributed by atoms with Gasteiger partial charge in [0.15, 0.2) is 10.8 Å². The number of thioether (sulfide) groups is 1. The van der Waals surface area contributed by atoms with Crippen molar-refractivity contribution in [3.05, 3.63) is 30.1 Å². The standard InChI is InChI=1S/C16H18N4OS/c1-11-17-15-13-7-2-3-8-14(13)18-16(20(15)19-11)22-10-12-6-4-5-9-21-12/h2-3,7-8,12H,4-6,9-10H2,1H3/t12-/m0/s1. The topological polar surface area (TPSA) is 52.3 Å². The van der Waals surface area contributed by atoms with Crippen molar-refractivity contribution in [3.8, 4) is 0 Å². The molecule has 2 aromatic heterocycles. The van der Waals surface area contributed by atoms with Crippen LogP contribution >= 0.6 is 11.8 Å². The molecule has 4 rings (SSSR count). The highest BCUT2D eigenvalue weighted by Gasteiger charge is 2.17. The van der Waals surface area contributed by atoms with Crippen LogP contribution in [0.25, 0.3) is 16.6 Å². The minimum absolute atomic E-state index is 0.326. The number of hydrogen-bond acceptors (Lipinski definition) is 5. The Morgan fingerprint density at radius 3 is 3.05 bits per heavy atom. The van der Waals surface area contributed by atoms with E-state index in [4.69, 9.17) is 9.72 Å². The maximum Gasteiger partial charge on any atom is 0.191 e. The van der Waals surface area contributed by atoms with Crippen LogP contribution in [0.2, 0.25) is 0 Å². The minimum Gasteiger partial charge on any atom is -0.377 e. The third-order valence-corrected chi connectivity index (χ3v) is 4.99. The Balaban J connectivity index is 1.71. The van der Waals surface area contributed by atoms with Gasteiger partial charge in [-0.05, 0) is 38.3 Å². The van der Waals surface area contributed by atoms with Crippen molar-refractivity contribution in [2.45, 2.75) is 37.4 Å². The highest BCUT2D eigenvalue weighted by atomic mass is 32.2. The van der Waals surface area contributed by atoms with Crippen LogP contribution in [0, 0.1) is 6.92 Å². The van der Waals surface area contributed by atoms with Crippen molar-refractivity contribution in [2.75, 3.05) is 12.4 Å². The molecule has 0 radical (unpaired) electrons. The SMILES string of the molecule is Cc1nc2c3ccccc3nc(SC[C@@H]3CCCCO3)n2n1. The summed E-state index contributed by atoms with van der Waals surface area (Å²) in [6, 6.07) is 8.09. The molecule has 1 aliphatic heterocycles. The van der Waals surface area contributed by atoms with Crippen LogP contribution in [0.3, 0.4) is 0 Å². The largest absolute Gasteiger partial charge is 0.377 e. The third-order valence-electron chi connectivity index (χ3n) is 3.93. The highest BCUT2D eigenvalue weighted by Crippen LogP contribution is 2.26. The smallest absolute Gasteiger partial charge is 0.191 e. The van der Waals surface area contributed by atoms with E-state index in [9.17, 15) is 0 Å². The second-order valence-electron chi connectivity index (χ2n) is 5.61. The van der Waals surface area contributed by atoms with E-state index >= 15 is 0 Å². The highest BCUT2D eigenvalue weighted by molar-refractivity contribution is 7.99. The molecule has 0 saturated carbocycles. The molecule has 22 heavy (non-hydrogen) atoms. The van der Waals surface area contributed by atoms with Crippen LogP contribution in [0.15, 0.2) is 29.4 Å². The van der Waals surface area contributed by atoms with Gasteiger partial charge in [-0.25, -0.2) is 9.97 Å². The molecule has 1 aromatic carbocycles. The summed E-state index contributed by atoms with van der Waals surface area (Å²) in [6.45, 7) is 2.80. The summed E-state index contributed by atoms with van der Waals surface area (Å²) in [5, 5.41) is 6.44. The predicted octanol–water partition coefficient (Wildman–Crippen LogP) is 3.25. The van der Waals surface area contributed by atoms with Gasteiger partial charge >= 0.3 is 0 Å². The van der Waals surface area contributed by atoms with E-state index in [1.165, 1.54) is 12.8 Å². The minimum atomic E-state index is 0.326. The summed E-state index contributed by atoms with van der Waals surface area (Å²) >= 11 is 1.71. The third kappa shape index (κ3) is 2.57. The number of nitrogens with zero attached hydrogens (tertiary/aromatic N) is 4. The summed E-state index contributed by atoms with van der Waals surface area (Å²) in [4.78, 5) is 9.33. The lowest BCUT2D eigenvalue weighted by atomic mass is 10.1. The molecule has 1 atom stereocenters. The normalized spacial score (nSPS) is 19.0. The fourth-order valence-corrected chi connectivity index (χ4v) is 3.84. The number of fused-ring (bicyclic) bond motifs is 3. The van der Waals surface area contributed by atoms with Gasteiger partial charge in [0, 0.05) is 17.7 Å². The second kappa shape index (κ2) is 5.85. The van der Waals surface area contributed by atoms with E-state index in [1.54, 1.807) is 11.8 Å². The zero-order chi connectivity index (χ0) is 14.9. The first kappa shape index (κ1) is 14.0. The molecule has 0 bridgehead atoms. The molecule has 6 heteroatoms. The summed E-state index contributed by atoms with van der Waals surface area (Å²) < 4.78 is 7.68. The van der Waals surface area contributed by atoms with Crippen LogP contribution < -0.4 is 0 Å². The molecular weight excluding hydrogens is 296 g/mol. The van der Waals surface area contributed by atoms with Gasteiger partial charge in [-0.1, -0.05) is 23.9 Å². The van der Waals surface area contributed by atoms with Crippen molar-refractivity contribution < 1.29 is 4.74 Å². The van der Waals surface area contributed by atoms with E-state index < -0.39 is 0 Å². The lowest BCUT2D eigenvalue weighted by molar-refractivity contribution is 0.0315. The molecule has 1 aliphatic rings. The maximum absolute atomic E-state index is 5.81. The number of aromatic nitrogens is 4. The summed E-state index contributed by atoms with van der Waals surface area (Å²) in [5.74, 6) is 1.69. The molecule has 0 unspecified atom stereocenters. The first-order chi connectivity index (χ1) is 10.8. The number of ether oxygens (including phenoxy) is 1. The van der Waals surface area contributed by atoms with Crippen LogP contribution in [-0.2, 0) is 4.74 Å². The van der Waals surface area contributed by atoms with Crippen LogP contribution in [0.1, 0.15) is 25.1 Å². The van der Waals surface area contributed by atoms with Crippen molar-refractivity contribution in [3.63, 3.8) is 0 Å². The van der Waals surface area contributed by atoms with Crippen LogP contribution in [0.4, 0.5) is 0 Å². The van der Waals surface area contributed by atoms with Crippen molar-refractivity contribution in [2.24, 2.45) is 0 Å². The Hall–Kier alpha value is -1.66. The molecule has 3 aromatic rings. The number of rotatable bonds is 3. The van der Waals surface area contributed by atoms with E-state index in [0.717, 1.165) is 46.3 Å². The van der Waals surface area contributed by atoms with Gasteiger partial charge < -0.3 is 4.74 Å². The lowest BCUT2D eigenvalue weighted by Crippen LogP contribution is -2.21. The van der Waals surface area contributed by atoms with Crippen LogP contribution in [0.5, 0.6) is 0 Å². The molecule has 1 fully saturated rings. The Labute approximate surface area is 133 Å². The van der Waals surface area contributed by atoms with Gasteiger partial charge in [0.1, 0.15) is 5.82 Å². The van der Waals surface area contributed by atoms with Crippen molar-refractivity contribution in [1.82, 2.24) is 19.6 Å². The van der Waals surface area contributed by atoms with E-state index in [0.29, 0.717) is 6.10 Å².